The fraction of sp³-hybridized carbons (Fsp3) is 0.600. The Kier molecular flexibility index (Phi) is 4.92. The van der Waals surface area contributed by atoms with E-state index in [2.05, 4.69) is 27.1 Å². The summed E-state index contributed by atoms with van der Waals surface area (Å²) >= 11 is 2.92. The number of thioether (sulfide) groups is 1. The van der Waals surface area contributed by atoms with Crippen LogP contribution in [0.2, 0.25) is 0 Å². The summed E-state index contributed by atoms with van der Waals surface area (Å²) in [5.41, 5.74) is 3.83. The molecule has 0 spiro atoms. The quantitative estimate of drug-likeness (QED) is 0.598. The summed E-state index contributed by atoms with van der Waals surface area (Å²) in [5, 5.41) is 21.2. The van der Waals surface area contributed by atoms with Crippen LogP contribution in [0.3, 0.4) is 0 Å². The first kappa shape index (κ1) is 13.3. The highest BCUT2D eigenvalue weighted by Gasteiger charge is 2.11. The second kappa shape index (κ2) is 6.68. The molecule has 0 amide bonds. The lowest BCUT2D eigenvalue weighted by Gasteiger charge is -1.95. The molecule has 0 aliphatic carbocycles. The minimum Gasteiger partial charge on any atom is -0.358 e. The standard InChI is InChI=1S/C10H14N6S2/c11-5-3-1-2-4-8-13-14-9-16(8)15-10(18-9)17-7-6-12/h1-5,7,11H2/p+1. The van der Waals surface area contributed by atoms with E-state index in [1.165, 1.54) is 29.5 Å². The van der Waals surface area contributed by atoms with E-state index in [0.717, 1.165) is 40.9 Å². The number of fused-ring (bicyclic) bond motifs is 1. The molecule has 2 heterocycles. The highest BCUT2D eigenvalue weighted by atomic mass is 32.2. The smallest absolute Gasteiger partial charge is 0.235 e. The van der Waals surface area contributed by atoms with Crippen LogP contribution < -0.4 is 5.73 Å². The number of aromatic nitrogens is 4. The zero-order valence-electron chi connectivity index (χ0n) is 10.0. The van der Waals surface area contributed by atoms with Crippen LogP contribution in [0.15, 0.2) is 4.34 Å². The molecule has 0 aromatic carbocycles. The molecule has 0 atom stereocenters. The van der Waals surface area contributed by atoms with Gasteiger partial charge in [0.05, 0.1) is 18.4 Å². The first-order valence-corrected chi connectivity index (χ1v) is 7.65. The summed E-state index contributed by atoms with van der Waals surface area (Å²) in [6.45, 7) is 0.987. The lowest BCUT2D eigenvalue weighted by atomic mass is 10.2. The van der Waals surface area contributed by atoms with Gasteiger partial charge < -0.3 is 5.73 Å². The number of hydrogen-bond donors (Lipinski definition) is 1. The van der Waals surface area contributed by atoms with Gasteiger partial charge in [0.2, 0.25) is 4.96 Å². The van der Waals surface area contributed by atoms with Crippen molar-refractivity contribution in [3.05, 3.63) is 5.82 Å². The fourth-order valence-corrected chi connectivity index (χ4v) is 3.14. The molecule has 96 valence electrons. The fourth-order valence-electron chi connectivity index (χ4n) is 1.58. The van der Waals surface area contributed by atoms with E-state index in [1.54, 1.807) is 4.52 Å². The van der Waals surface area contributed by atoms with Crippen molar-refractivity contribution < 1.29 is 5.73 Å². The summed E-state index contributed by atoms with van der Waals surface area (Å²) in [4.78, 5) is 0.808. The molecule has 0 fully saturated rings. The Morgan fingerprint density at radius 1 is 1.33 bits per heavy atom. The van der Waals surface area contributed by atoms with E-state index in [4.69, 9.17) is 5.26 Å². The Hall–Kier alpha value is -1.17. The Labute approximate surface area is 113 Å². The van der Waals surface area contributed by atoms with E-state index in [-0.39, 0.29) is 0 Å². The maximum Gasteiger partial charge on any atom is 0.235 e. The van der Waals surface area contributed by atoms with Crippen molar-refractivity contribution in [2.24, 2.45) is 0 Å². The number of quaternary nitrogens is 1. The van der Waals surface area contributed by atoms with Gasteiger partial charge in [0.1, 0.15) is 0 Å². The van der Waals surface area contributed by atoms with Gasteiger partial charge in [-0.2, -0.15) is 9.78 Å². The van der Waals surface area contributed by atoms with Crippen molar-refractivity contribution in [2.45, 2.75) is 30.0 Å². The molecule has 0 saturated heterocycles. The van der Waals surface area contributed by atoms with Crippen LogP contribution in [0.1, 0.15) is 25.1 Å². The molecule has 0 bridgehead atoms. The van der Waals surface area contributed by atoms with E-state index in [0.29, 0.717) is 5.75 Å². The lowest BCUT2D eigenvalue weighted by molar-refractivity contribution is -0.368. The minimum atomic E-state index is 0.420. The predicted molar refractivity (Wildman–Crippen MR) is 70.3 cm³/mol. The van der Waals surface area contributed by atoms with Crippen molar-refractivity contribution in [1.82, 2.24) is 19.8 Å². The monoisotopic (exact) mass is 283 g/mol. The van der Waals surface area contributed by atoms with Gasteiger partial charge in [-0.15, -0.1) is 15.3 Å². The van der Waals surface area contributed by atoms with Gasteiger partial charge in [-0.05, 0) is 19.3 Å². The van der Waals surface area contributed by atoms with E-state index in [1.807, 2.05) is 0 Å². The highest BCUT2D eigenvalue weighted by molar-refractivity contribution is 8.01. The zero-order chi connectivity index (χ0) is 12.8. The van der Waals surface area contributed by atoms with Crippen molar-refractivity contribution in [3.63, 3.8) is 0 Å². The third kappa shape index (κ3) is 3.19. The van der Waals surface area contributed by atoms with Crippen molar-refractivity contribution in [2.75, 3.05) is 12.3 Å². The van der Waals surface area contributed by atoms with Crippen LogP contribution in [-0.4, -0.2) is 32.1 Å². The van der Waals surface area contributed by atoms with Gasteiger partial charge in [-0.3, -0.25) is 0 Å². The summed E-state index contributed by atoms with van der Waals surface area (Å²) in [5.74, 6) is 1.33. The molecule has 2 rings (SSSR count). The van der Waals surface area contributed by atoms with Crippen LogP contribution in [0.25, 0.3) is 4.96 Å². The third-order valence-corrected chi connectivity index (χ3v) is 4.35. The van der Waals surface area contributed by atoms with Gasteiger partial charge in [-0.1, -0.05) is 23.1 Å². The topological polar surface area (TPSA) is 94.5 Å². The number of nitriles is 1. The molecule has 0 radical (unpaired) electrons. The maximum absolute atomic E-state index is 8.54. The lowest BCUT2D eigenvalue weighted by Crippen LogP contribution is -2.50. The van der Waals surface area contributed by atoms with E-state index >= 15 is 0 Å². The molecule has 6 nitrogen and oxygen atoms in total. The van der Waals surface area contributed by atoms with Gasteiger partial charge in [0.15, 0.2) is 10.2 Å². The molecule has 18 heavy (non-hydrogen) atoms. The van der Waals surface area contributed by atoms with Crippen LogP contribution in [-0.2, 0) is 6.42 Å². The molecular formula is C10H15N6S2+. The first-order valence-electron chi connectivity index (χ1n) is 5.85. The normalized spacial score (nSPS) is 10.9. The second-order valence-electron chi connectivity index (χ2n) is 3.79. The third-order valence-electron chi connectivity index (χ3n) is 2.45. The van der Waals surface area contributed by atoms with Crippen LogP contribution in [0, 0.1) is 11.3 Å². The molecule has 0 saturated carbocycles. The molecule has 0 aliphatic rings. The van der Waals surface area contributed by atoms with Gasteiger partial charge in [0.25, 0.3) is 0 Å². The summed E-state index contributed by atoms with van der Waals surface area (Å²) in [7, 11) is 0. The highest BCUT2D eigenvalue weighted by Crippen LogP contribution is 2.24. The Morgan fingerprint density at radius 3 is 3.00 bits per heavy atom. The molecule has 2 aromatic rings. The predicted octanol–water partition coefficient (Wildman–Crippen LogP) is 0.756. The number of rotatable bonds is 7. The molecule has 8 heteroatoms. The minimum absolute atomic E-state index is 0.420. The van der Waals surface area contributed by atoms with Crippen LogP contribution in [0.5, 0.6) is 0 Å². The summed E-state index contributed by atoms with van der Waals surface area (Å²) in [6, 6.07) is 2.09. The molecule has 3 N–H and O–H groups in total. The SMILES string of the molecule is N#CCSc1nn2c(CCCCC[NH3+])nnc2s1. The average Bonchev–Trinajstić information content (AvgIpc) is 2.93. The van der Waals surface area contributed by atoms with Crippen molar-refractivity contribution in [3.8, 4) is 6.07 Å². The number of nitrogens with zero attached hydrogens (tertiary/aromatic N) is 5. The van der Waals surface area contributed by atoms with Gasteiger partial charge in [-0.25, -0.2) is 0 Å². The van der Waals surface area contributed by atoms with E-state index in [9.17, 15) is 0 Å². The summed E-state index contributed by atoms with van der Waals surface area (Å²) < 4.78 is 2.68. The van der Waals surface area contributed by atoms with Crippen LogP contribution in [0.4, 0.5) is 0 Å². The summed E-state index contributed by atoms with van der Waals surface area (Å²) in [6.07, 6.45) is 4.31. The number of hydrogen-bond acceptors (Lipinski definition) is 6. The Morgan fingerprint density at radius 2 is 2.22 bits per heavy atom. The second-order valence-corrected chi connectivity index (χ2v) is 5.97. The van der Waals surface area contributed by atoms with Crippen molar-refractivity contribution >= 4 is 28.1 Å². The van der Waals surface area contributed by atoms with Crippen LogP contribution >= 0.6 is 23.1 Å². The largest absolute Gasteiger partial charge is 0.358 e. The molecule has 0 aliphatic heterocycles. The maximum atomic E-state index is 8.54. The van der Waals surface area contributed by atoms with Gasteiger partial charge in [0, 0.05) is 6.42 Å². The molecule has 2 aromatic heterocycles. The number of unbranched alkanes of at least 4 members (excludes halogenated alkanes) is 2. The Bertz CT molecular complexity index is 540. The van der Waals surface area contributed by atoms with Crippen molar-refractivity contribution in [1.29, 1.82) is 5.26 Å². The Balaban J connectivity index is 2.00. The average molecular weight is 283 g/mol. The molecule has 0 unspecified atom stereocenters. The molecular weight excluding hydrogens is 268 g/mol. The first-order chi connectivity index (χ1) is 8.85. The van der Waals surface area contributed by atoms with E-state index < -0.39 is 0 Å². The van der Waals surface area contributed by atoms with Gasteiger partial charge >= 0.3 is 0 Å². The number of aryl methyl sites for hydroxylation is 1. The zero-order valence-corrected chi connectivity index (χ0v) is 11.6.